The number of Topliss-reactive ketones (excluding diaryl/α,β-unsaturated/α-hetero) is 1. The van der Waals surface area contributed by atoms with Gasteiger partial charge in [0.1, 0.15) is 0 Å². The molecule has 0 aromatic rings. The second kappa shape index (κ2) is 9.50. The monoisotopic (exact) mass is 360 g/mol. The minimum absolute atomic E-state index is 0. The van der Waals surface area contributed by atoms with Crippen LogP contribution in [0.2, 0.25) is 0 Å². The summed E-state index contributed by atoms with van der Waals surface area (Å²) >= 11 is 2.86. The van der Waals surface area contributed by atoms with Crippen molar-refractivity contribution in [2.75, 3.05) is 19.4 Å². The number of hydrogen-bond donors (Lipinski definition) is 0. The summed E-state index contributed by atoms with van der Waals surface area (Å²) in [7, 11) is -3.20. The van der Waals surface area contributed by atoms with Gasteiger partial charge in [-0.25, -0.2) is 0 Å². The van der Waals surface area contributed by atoms with Crippen molar-refractivity contribution in [1.82, 2.24) is 0 Å². The normalized spacial score (nSPS) is 10.5. The maximum atomic E-state index is 11.7. The Morgan fingerprint density at radius 2 is 1.79 bits per heavy atom. The summed E-state index contributed by atoms with van der Waals surface area (Å²) in [5.41, 5.74) is 0. The van der Waals surface area contributed by atoms with Crippen LogP contribution in [0.4, 0.5) is 0 Å². The van der Waals surface area contributed by atoms with Crippen molar-refractivity contribution < 1.29 is 51.1 Å². The van der Waals surface area contributed by atoms with E-state index in [1.807, 2.05) is 0 Å². The molecule has 14 heavy (non-hydrogen) atoms. The van der Waals surface area contributed by atoms with Gasteiger partial charge in [-0.2, -0.15) is 0 Å². The molecule has 0 amide bonds. The summed E-state index contributed by atoms with van der Waals surface area (Å²) in [5, 5.41) is 1.18. The molecule has 0 N–H and O–H groups in total. The van der Waals surface area contributed by atoms with E-state index < -0.39 is 7.60 Å². The van der Waals surface area contributed by atoms with Crippen LogP contribution in [-0.2, 0) is 51.1 Å². The largest absolute Gasteiger partial charge is 3.00 e. The Hall–Kier alpha value is 1.27. The van der Waals surface area contributed by atoms with E-state index >= 15 is 0 Å². The van der Waals surface area contributed by atoms with Crippen molar-refractivity contribution in [3.05, 3.63) is 5.33 Å². The zero-order chi connectivity index (χ0) is 10.3. The number of halogens is 1. The number of hydrogen-bond acceptors (Lipinski definition) is 4. The fourth-order valence-electron chi connectivity index (χ4n) is 0.747. The van der Waals surface area contributed by atoms with Crippen LogP contribution in [-0.4, -0.2) is 25.2 Å². The molecule has 0 saturated carbocycles. The van der Waals surface area contributed by atoms with Gasteiger partial charge in [-0.05, 0) is 13.8 Å². The number of rotatable bonds is 7. The molecule has 0 bridgehead atoms. The van der Waals surface area contributed by atoms with Crippen molar-refractivity contribution >= 4 is 29.3 Å². The molecular weight excluding hydrogens is 348 g/mol. The molecule has 7 heteroatoms. The van der Waals surface area contributed by atoms with E-state index in [0.29, 0.717) is 0 Å². The Labute approximate surface area is 118 Å². The van der Waals surface area contributed by atoms with Crippen molar-refractivity contribution in [1.29, 1.82) is 0 Å². The van der Waals surface area contributed by atoms with Gasteiger partial charge < -0.3 is 13.8 Å². The molecule has 0 heterocycles. The minimum atomic E-state index is -3.20. The predicted octanol–water partition coefficient (Wildman–Crippen LogP) is 2.38. The summed E-state index contributed by atoms with van der Waals surface area (Å²) in [6, 6.07) is 0. The molecule has 0 aliphatic carbocycles. The zero-order valence-corrected chi connectivity index (χ0v) is 13.6. The number of carbonyl (C=O) groups is 1. The average molecular weight is 361 g/mol. The first-order valence-electron chi connectivity index (χ1n) is 3.92. The molecule has 4 nitrogen and oxygen atoms in total. The fourth-order valence-corrected chi connectivity index (χ4v) is 2.68. The van der Waals surface area contributed by atoms with E-state index in [-0.39, 0.29) is 57.9 Å². The van der Waals surface area contributed by atoms with Crippen molar-refractivity contribution in [2.45, 2.75) is 13.8 Å². The fraction of sp³-hybridized carbons (Fsp3) is 0.714. The SMILES string of the molecule is CCOP(=O)(CC(=O)[CH-]Br)OCC.[Y+3]. The van der Waals surface area contributed by atoms with Crippen LogP contribution < -0.4 is 0 Å². The van der Waals surface area contributed by atoms with Crippen LogP contribution in [0.15, 0.2) is 0 Å². The van der Waals surface area contributed by atoms with Crippen molar-refractivity contribution in [3.8, 4) is 0 Å². The molecule has 0 aromatic carbocycles. The molecule has 78 valence electrons. The van der Waals surface area contributed by atoms with E-state index in [4.69, 9.17) is 9.05 Å². The third-order valence-corrected chi connectivity index (χ3v) is 3.64. The van der Waals surface area contributed by atoms with Crippen molar-refractivity contribution in [3.63, 3.8) is 0 Å². The van der Waals surface area contributed by atoms with Gasteiger partial charge in [-0.3, -0.25) is 25.8 Å². The van der Waals surface area contributed by atoms with Gasteiger partial charge in [0.2, 0.25) is 0 Å². The van der Waals surface area contributed by atoms with Crippen LogP contribution in [0.25, 0.3) is 0 Å². The third kappa shape index (κ3) is 7.55. The van der Waals surface area contributed by atoms with Gasteiger partial charge in [0.05, 0.1) is 19.4 Å². The topological polar surface area (TPSA) is 52.6 Å². The van der Waals surface area contributed by atoms with Gasteiger partial charge in [0.25, 0.3) is 0 Å². The molecule has 0 aliphatic rings. The molecule has 0 radical (unpaired) electrons. The van der Waals surface area contributed by atoms with E-state index in [2.05, 4.69) is 15.9 Å². The number of ketones is 1. The van der Waals surface area contributed by atoms with Gasteiger partial charge in [-0.1, -0.05) is 0 Å². The average Bonchev–Trinajstić information content (AvgIpc) is 2.04. The molecule has 0 rings (SSSR count). The maximum Gasteiger partial charge on any atom is 3.00 e. The number of carbonyl (C=O) groups excluding carboxylic acids is 1. The molecule has 0 aliphatic heterocycles. The summed E-state index contributed by atoms with van der Waals surface area (Å²) in [6.07, 6.45) is -0.208. The standard InChI is InChI=1S/C7H13BrO4P.Y/c1-3-11-13(10,12-4-2)6-7(9)5-8;/h5H,3-4,6H2,1-2H3;/q-1;+3. The van der Waals surface area contributed by atoms with Crippen molar-refractivity contribution in [2.24, 2.45) is 0 Å². The van der Waals surface area contributed by atoms with Crippen LogP contribution in [0.1, 0.15) is 13.8 Å². The van der Waals surface area contributed by atoms with E-state index in [1.165, 1.54) is 5.33 Å². The summed E-state index contributed by atoms with van der Waals surface area (Å²) < 4.78 is 21.5. The van der Waals surface area contributed by atoms with E-state index in [9.17, 15) is 9.36 Å². The predicted molar refractivity (Wildman–Crippen MR) is 54.0 cm³/mol. The van der Waals surface area contributed by atoms with Gasteiger partial charge in [-0.15, -0.1) is 0 Å². The Morgan fingerprint density at radius 1 is 1.36 bits per heavy atom. The first kappa shape index (κ1) is 17.7. The van der Waals surface area contributed by atoms with E-state index in [0.717, 1.165) is 0 Å². The molecule has 0 aromatic heterocycles. The Balaban J connectivity index is 0. The molecule has 0 unspecified atom stereocenters. The second-order valence-electron chi connectivity index (χ2n) is 2.18. The van der Waals surface area contributed by atoms with Crippen LogP contribution in [0.5, 0.6) is 0 Å². The molecule has 0 saturated heterocycles. The van der Waals surface area contributed by atoms with Crippen LogP contribution in [0, 0.1) is 5.33 Å². The Morgan fingerprint density at radius 3 is 2.07 bits per heavy atom. The quantitative estimate of drug-likeness (QED) is 0.516. The minimum Gasteiger partial charge on any atom is -0.333 e. The Kier molecular flexibility index (Phi) is 12.0. The van der Waals surface area contributed by atoms with Crippen LogP contribution in [0.3, 0.4) is 0 Å². The molecule has 0 atom stereocenters. The van der Waals surface area contributed by atoms with E-state index in [1.54, 1.807) is 13.8 Å². The zero-order valence-electron chi connectivity index (χ0n) is 8.23. The summed E-state index contributed by atoms with van der Waals surface area (Å²) in [6.45, 7) is 3.95. The first-order chi connectivity index (χ1) is 6.08. The van der Waals surface area contributed by atoms with Gasteiger partial charge in [0, 0.05) is 5.78 Å². The molecule has 0 spiro atoms. The van der Waals surface area contributed by atoms with Crippen LogP contribution >= 0.6 is 23.5 Å². The summed E-state index contributed by atoms with van der Waals surface area (Å²) in [5.74, 6) is -0.301. The Bertz CT molecular complexity index is 202. The smallest absolute Gasteiger partial charge is 0.333 e. The van der Waals surface area contributed by atoms with Gasteiger partial charge in [0.15, 0.2) is 0 Å². The third-order valence-electron chi connectivity index (χ3n) is 1.12. The second-order valence-corrected chi connectivity index (χ2v) is 4.69. The molecule has 0 fully saturated rings. The van der Waals surface area contributed by atoms with Gasteiger partial charge >= 0.3 is 40.3 Å². The first-order valence-corrected chi connectivity index (χ1v) is 6.56. The molecular formula is C7H13BrO4PY+2. The summed E-state index contributed by atoms with van der Waals surface area (Å²) in [4.78, 5) is 10.9. The maximum absolute atomic E-state index is 11.7.